The van der Waals surface area contributed by atoms with Crippen LogP contribution in [0.3, 0.4) is 0 Å². The van der Waals surface area contributed by atoms with Crippen molar-refractivity contribution in [3.05, 3.63) is 11.4 Å². The molecule has 1 aromatic rings. The van der Waals surface area contributed by atoms with Gasteiger partial charge in [-0.1, -0.05) is 0 Å². The van der Waals surface area contributed by atoms with Gasteiger partial charge in [0.2, 0.25) is 0 Å². The lowest BCUT2D eigenvalue weighted by Crippen LogP contribution is -2.45. The summed E-state index contributed by atoms with van der Waals surface area (Å²) in [6, 6.07) is 0. The number of rotatable bonds is 1. The molecule has 88 valence electrons. The quantitative estimate of drug-likeness (QED) is 0.745. The van der Waals surface area contributed by atoms with Crippen molar-refractivity contribution in [3.8, 4) is 0 Å². The van der Waals surface area contributed by atoms with Crippen LogP contribution in [0.1, 0.15) is 11.4 Å². The Bertz CT molecular complexity index is 382. The predicted molar refractivity (Wildman–Crippen MR) is 65.6 cm³/mol. The first-order chi connectivity index (χ1) is 7.58. The molecule has 5 heteroatoms. The lowest BCUT2D eigenvalue weighted by molar-refractivity contribution is 0.312. The van der Waals surface area contributed by atoms with Crippen LogP contribution in [0.15, 0.2) is 0 Å². The Morgan fingerprint density at radius 3 is 2.31 bits per heavy atom. The molecule has 0 bridgehead atoms. The number of hydrogen-bond acceptors (Lipinski definition) is 5. The van der Waals surface area contributed by atoms with Gasteiger partial charge in [0, 0.05) is 31.7 Å². The molecule has 5 nitrogen and oxygen atoms in total. The summed E-state index contributed by atoms with van der Waals surface area (Å²) in [4.78, 5) is 13.3. The summed E-state index contributed by atoms with van der Waals surface area (Å²) >= 11 is 0. The van der Waals surface area contributed by atoms with E-state index in [1.54, 1.807) is 0 Å². The topological polar surface area (TPSA) is 58.3 Å². The Morgan fingerprint density at radius 1 is 1.06 bits per heavy atom. The third-order valence-electron chi connectivity index (χ3n) is 3.07. The van der Waals surface area contributed by atoms with E-state index in [2.05, 4.69) is 26.8 Å². The Morgan fingerprint density at radius 2 is 1.69 bits per heavy atom. The van der Waals surface area contributed by atoms with Gasteiger partial charge in [-0.2, -0.15) is 0 Å². The molecule has 1 aromatic heterocycles. The SMILES string of the molecule is Cc1nc(N)c(C)c(N2CCN(C)CC2)n1. The first kappa shape index (κ1) is 11.1. The maximum atomic E-state index is 5.87. The number of aromatic nitrogens is 2. The van der Waals surface area contributed by atoms with Crippen LogP contribution in [0.5, 0.6) is 0 Å². The van der Waals surface area contributed by atoms with Crippen molar-refractivity contribution >= 4 is 11.6 Å². The number of anilines is 2. The molecule has 1 fully saturated rings. The van der Waals surface area contributed by atoms with E-state index in [0.29, 0.717) is 5.82 Å². The fraction of sp³-hybridized carbons (Fsp3) is 0.636. The Hall–Kier alpha value is -1.36. The van der Waals surface area contributed by atoms with E-state index in [-0.39, 0.29) is 0 Å². The minimum atomic E-state index is 0.599. The number of aryl methyl sites for hydroxylation is 1. The number of hydrogen-bond donors (Lipinski definition) is 1. The standard InChI is InChI=1S/C11H19N5/c1-8-10(12)13-9(2)14-11(8)16-6-4-15(3)5-7-16/h4-7H2,1-3H3,(H2,12,13,14). The molecule has 2 heterocycles. The fourth-order valence-corrected chi connectivity index (χ4v) is 1.96. The highest BCUT2D eigenvalue weighted by atomic mass is 15.3. The maximum Gasteiger partial charge on any atom is 0.137 e. The summed E-state index contributed by atoms with van der Waals surface area (Å²) in [5, 5.41) is 0. The van der Waals surface area contributed by atoms with Crippen LogP contribution >= 0.6 is 0 Å². The maximum absolute atomic E-state index is 5.87. The third kappa shape index (κ3) is 2.09. The summed E-state index contributed by atoms with van der Waals surface area (Å²) in [6.45, 7) is 8.03. The lowest BCUT2D eigenvalue weighted by atomic mass is 10.2. The van der Waals surface area contributed by atoms with Gasteiger partial charge in [0.25, 0.3) is 0 Å². The average Bonchev–Trinajstić information content (AvgIpc) is 2.25. The third-order valence-corrected chi connectivity index (χ3v) is 3.07. The average molecular weight is 221 g/mol. The van der Waals surface area contributed by atoms with Gasteiger partial charge < -0.3 is 15.5 Å². The molecule has 0 aromatic carbocycles. The van der Waals surface area contributed by atoms with Crippen LogP contribution in [0.4, 0.5) is 11.6 Å². The van der Waals surface area contributed by atoms with Crippen LogP contribution in [-0.2, 0) is 0 Å². The zero-order valence-corrected chi connectivity index (χ0v) is 10.2. The highest BCUT2D eigenvalue weighted by Gasteiger charge is 2.18. The van der Waals surface area contributed by atoms with Crippen molar-refractivity contribution in [1.82, 2.24) is 14.9 Å². The van der Waals surface area contributed by atoms with Crippen molar-refractivity contribution in [2.45, 2.75) is 13.8 Å². The molecule has 2 rings (SSSR count). The van der Waals surface area contributed by atoms with Gasteiger partial charge in [-0.3, -0.25) is 0 Å². The number of piperazine rings is 1. The lowest BCUT2D eigenvalue weighted by Gasteiger charge is -2.34. The van der Waals surface area contributed by atoms with Crippen LogP contribution in [0, 0.1) is 13.8 Å². The van der Waals surface area contributed by atoms with Gasteiger partial charge in [0.1, 0.15) is 17.5 Å². The van der Waals surface area contributed by atoms with E-state index in [9.17, 15) is 0 Å². The first-order valence-corrected chi connectivity index (χ1v) is 5.62. The van der Waals surface area contributed by atoms with Gasteiger partial charge >= 0.3 is 0 Å². The molecule has 1 aliphatic rings. The van der Waals surface area contributed by atoms with Gasteiger partial charge in [-0.05, 0) is 20.9 Å². The number of nitrogens with zero attached hydrogens (tertiary/aromatic N) is 4. The number of nitrogens with two attached hydrogens (primary N) is 1. The molecule has 0 aliphatic carbocycles. The highest BCUT2D eigenvalue weighted by Crippen LogP contribution is 2.22. The molecule has 1 aliphatic heterocycles. The molecular weight excluding hydrogens is 202 g/mol. The monoisotopic (exact) mass is 221 g/mol. The van der Waals surface area contributed by atoms with E-state index < -0.39 is 0 Å². The van der Waals surface area contributed by atoms with Crippen LogP contribution < -0.4 is 10.6 Å². The molecule has 0 radical (unpaired) electrons. The largest absolute Gasteiger partial charge is 0.383 e. The smallest absolute Gasteiger partial charge is 0.137 e. The Labute approximate surface area is 96.3 Å². The van der Waals surface area contributed by atoms with Crippen LogP contribution in [0.25, 0.3) is 0 Å². The molecule has 0 saturated carbocycles. The molecular formula is C11H19N5. The summed E-state index contributed by atoms with van der Waals surface area (Å²) < 4.78 is 0. The molecule has 1 saturated heterocycles. The van der Waals surface area contributed by atoms with Gasteiger partial charge in [0.05, 0.1) is 0 Å². The molecule has 2 N–H and O–H groups in total. The van der Waals surface area contributed by atoms with Crippen LogP contribution in [0.2, 0.25) is 0 Å². The van der Waals surface area contributed by atoms with E-state index in [4.69, 9.17) is 5.73 Å². The summed E-state index contributed by atoms with van der Waals surface area (Å²) in [7, 11) is 2.14. The van der Waals surface area contributed by atoms with E-state index in [1.807, 2.05) is 13.8 Å². The van der Waals surface area contributed by atoms with Crippen molar-refractivity contribution in [1.29, 1.82) is 0 Å². The minimum Gasteiger partial charge on any atom is -0.383 e. The molecule has 16 heavy (non-hydrogen) atoms. The van der Waals surface area contributed by atoms with E-state index in [0.717, 1.165) is 43.4 Å². The van der Waals surface area contributed by atoms with Crippen molar-refractivity contribution in [3.63, 3.8) is 0 Å². The molecule has 0 spiro atoms. The van der Waals surface area contributed by atoms with E-state index >= 15 is 0 Å². The summed E-state index contributed by atoms with van der Waals surface area (Å²) in [5.74, 6) is 2.34. The Balaban J connectivity index is 2.26. The first-order valence-electron chi connectivity index (χ1n) is 5.62. The van der Waals surface area contributed by atoms with Crippen molar-refractivity contribution < 1.29 is 0 Å². The van der Waals surface area contributed by atoms with Gasteiger partial charge in [0.15, 0.2) is 0 Å². The highest BCUT2D eigenvalue weighted by molar-refractivity contribution is 5.56. The molecule has 0 unspecified atom stereocenters. The van der Waals surface area contributed by atoms with E-state index in [1.165, 1.54) is 0 Å². The zero-order chi connectivity index (χ0) is 11.7. The molecule has 0 amide bonds. The fourth-order valence-electron chi connectivity index (χ4n) is 1.96. The minimum absolute atomic E-state index is 0.599. The second-order valence-electron chi connectivity index (χ2n) is 4.39. The predicted octanol–water partition coefficient (Wildman–Crippen LogP) is 0.427. The Kier molecular flexibility index (Phi) is 2.96. The van der Waals surface area contributed by atoms with Crippen molar-refractivity contribution in [2.75, 3.05) is 43.9 Å². The summed E-state index contributed by atoms with van der Waals surface area (Å²) in [5.41, 5.74) is 6.86. The second kappa shape index (κ2) is 4.25. The zero-order valence-electron chi connectivity index (χ0n) is 10.2. The summed E-state index contributed by atoms with van der Waals surface area (Å²) in [6.07, 6.45) is 0. The van der Waals surface area contributed by atoms with Gasteiger partial charge in [-0.25, -0.2) is 9.97 Å². The second-order valence-corrected chi connectivity index (χ2v) is 4.39. The number of nitrogen functional groups attached to an aromatic ring is 1. The normalized spacial score (nSPS) is 17.8. The number of likely N-dealkylation sites (N-methyl/N-ethyl adjacent to an activating group) is 1. The van der Waals surface area contributed by atoms with Crippen molar-refractivity contribution in [2.24, 2.45) is 0 Å². The van der Waals surface area contributed by atoms with Gasteiger partial charge in [-0.15, -0.1) is 0 Å². The molecule has 0 atom stereocenters. The van der Waals surface area contributed by atoms with Crippen LogP contribution in [-0.4, -0.2) is 48.1 Å².